The smallest absolute Gasteiger partial charge is 0.270 e. The molecule has 2 aromatic carbocycles. The topological polar surface area (TPSA) is 55.2 Å². The van der Waals surface area contributed by atoms with Gasteiger partial charge in [0.05, 0.1) is 4.92 Å². The lowest BCUT2D eigenvalue weighted by molar-refractivity contribution is -0.384. The fourth-order valence-corrected chi connectivity index (χ4v) is 2.36. The second kappa shape index (κ2) is 6.03. The van der Waals surface area contributed by atoms with Gasteiger partial charge in [-0.2, -0.15) is 0 Å². The van der Waals surface area contributed by atoms with E-state index in [1.807, 2.05) is 38.2 Å². The number of nitrogens with one attached hydrogen (secondary N) is 1. The van der Waals surface area contributed by atoms with Crippen LogP contribution in [0.4, 0.5) is 5.69 Å². The molecule has 0 amide bonds. The summed E-state index contributed by atoms with van der Waals surface area (Å²) in [6.45, 7) is 2.02. The zero-order chi connectivity index (χ0) is 14.7. The molecular weight excluding hydrogens is 276 g/mol. The minimum Gasteiger partial charge on any atom is -0.313 e. The average Bonchev–Trinajstić information content (AvgIpc) is 2.46. The largest absolute Gasteiger partial charge is 0.313 e. The van der Waals surface area contributed by atoms with Crippen LogP contribution in [0.25, 0.3) is 11.1 Å². The van der Waals surface area contributed by atoms with Gasteiger partial charge in [-0.1, -0.05) is 35.9 Å². The molecule has 5 heteroatoms. The summed E-state index contributed by atoms with van der Waals surface area (Å²) in [5, 5.41) is 14.6. The summed E-state index contributed by atoms with van der Waals surface area (Å²) in [6, 6.07) is 12.4. The highest BCUT2D eigenvalue weighted by atomic mass is 35.5. The van der Waals surface area contributed by atoms with E-state index in [1.165, 1.54) is 6.07 Å². The summed E-state index contributed by atoms with van der Waals surface area (Å²) >= 11 is 6.28. The molecule has 0 spiro atoms. The van der Waals surface area contributed by atoms with Crippen LogP contribution in [0.1, 0.15) is 18.5 Å². The summed E-state index contributed by atoms with van der Waals surface area (Å²) in [6.07, 6.45) is 0. The van der Waals surface area contributed by atoms with Crippen molar-refractivity contribution >= 4 is 17.3 Å². The molecule has 2 rings (SSSR count). The number of halogens is 1. The number of rotatable bonds is 4. The van der Waals surface area contributed by atoms with E-state index in [9.17, 15) is 10.1 Å². The first-order valence-corrected chi connectivity index (χ1v) is 6.62. The number of nitro benzene ring substituents is 1. The molecule has 0 saturated carbocycles. The van der Waals surface area contributed by atoms with Crippen molar-refractivity contribution in [3.05, 3.63) is 63.2 Å². The average molecular weight is 291 g/mol. The number of benzene rings is 2. The van der Waals surface area contributed by atoms with Gasteiger partial charge in [-0.25, -0.2) is 0 Å². The van der Waals surface area contributed by atoms with Crippen LogP contribution in [-0.2, 0) is 0 Å². The second-order valence-electron chi connectivity index (χ2n) is 4.55. The van der Waals surface area contributed by atoms with Crippen LogP contribution in [0.15, 0.2) is 42.5 Å². The van der Waals surface area contributed by atoms with E-state index in [0.717, 1.165) is 16.7 Å². The number of non-ortho nitro benzene ring substituents is 1. The highest BCUT2D eigenvalue weighted by molar-refractivity contribution is 6.31. The van der Waals surface area contributed by atoms with Crippen LogP contribution in [-0.4, -0.2) is 12.0 Å². The van der Waals surface area contributed by atoms with Crippen LogP contribution < -0.4 is 5.32 Å². The van der Waals surface area contributed by atoms with E-state index >= 15 is 0 Å². The number of hydrogen-bond acceptors (Lipinski definition) is 3. The first-order valence-electron chi connectivity index (χ1n) is 6.24. The van der Waals surface area contributed by atoms with Crippen molar-refractivity contribution in [3.63, 3.8) is 0 Å². The molecule has 0 saturated heterocycles. The summed E-state index contributed by atoms with van der Waals surface area (Å²) in [5.74, 6) is 0. The fraction of sp³-hybridized carbons (Fsp3) is 0.200. The van der Waals surface area contributed by atoms with Gasteiger partial charge in [0.15, 0.2) is 0 Å². The molecule has 0 aliphatic rings. The van der Waals surface area contributed by atoms with Crippen molar-refractivity contribution in [1.82, 2.24) is 5.32 Å². The zero-order valence-electron chi connectivity index (χ0n) is 11.3. The Kier molecular flexibility index (Phi) is 4.37. The Labute approximate surface area is 122 Å². The Balaban J connectivity index is 2.41. The van der Waals surface area contributed by atoms with Crippen molar-refractivity contribution in [2.45, 2.75) is 13.0 Å². The maximum Gasteiger partial charge on any atom is 0.270 e. The molecule has 0 aliphatic heterocycles. The molecule has 0 fully saturated rings. The Morgan fingerprint density at radius 3 is 2.50 bits per heavy atom. The van der Waals surface area contributed by atoms with Crippen LogP contribution in [0.2, 0.25) is 5.02 Å². The lowest BCUT2D eigenvalue weighted by Gasteiger charge is -2.13. The minimum atomic E-state index is -0.400. The zero-order valence-corrected chi connectivity index (χ0v) is 12.0. The molecule has 1 unspecified atom stereocenters. The Bertz CT molecular complexity index is 644. The molecule has 2 aromatic rings. The molecule has 1 atom stereocenters. The molecule has 20 heavy (non-hydrogen) atoms. The third-order valence-corrected chi connectivity index (χ3v) is 3.62. The lowest BCUT2D eigenvalue weighted by atomic mass is 10.0. The molecule has 4 nitrogen and oxygen atoms in total. The lowest BCUT2D eigenvalue weighted by Crippen LogP contribution is -2.12. The van der Waals surface area contributed by atoms with E-state index < -0.39 is 4.92 Å². The Morgan fingerprint density at radius 1 is 1.20 bits per heavy atom. The highest BCUT2D eigenvalue weighted by Crippen LogP contribution is 2.30. The molecule has 0 aliphatic carbocycles. The predicted molar refractivity (Wildman–Crippen MR) is 81.0 cm³/mol. The maximum atomic E-state index is 10.8. The first-order chi connectivity index (χ1) is 9.52. The van der Waals surface area contributed by atoms with Crippen LogP contribution in [0, 0.1) is 10.1 Å². The van der Waals surface area contributed by atoms with Crippen LogP contribution in [0.3, 0.4) is 0 Å². The quantitative estimate of drug-likeness (QED) is 0.678. The van der Waals surface area contributed by atoms with E-state index in [0.29, 0.717) is 5.02 Å². The van der Waals surface area contributed by atoms with Gasteiger partial charge in [-0.15, -0.1) is 0 Å². The summed E-state index contributed by atoms with van der Waals surface area (Å²) in [4.78, 5) is 10.4. The first kappa shape index (κ1) is 14.5. The van der Waals surface area contributed by atoms with Gasteiger partial charge < -0.3 is 5.32 Å². The fourth-order valence-electron chi connectivity index (χ4n) is 2.01. The molecule has 1 N–H and O–H groups in total. The third kappa shape index (κ3) is 2.98. The SMILES string of the molecule is CNC(C)c1ccc(-c2cccc([N+](=O)[O-])c2)cc1Cl. The number of nitrogens with zero attached hydrogens (tertiary/aromatic N) is 1. The second-order valence-corrected chi connectivity index (χ2v) is 4.96. The molecule has 0 radical (unpaired) electrons. The van der Waals surface area contributed by atoms with E-state index in [1.54, 1.807) is 12.1 Å². The maximum absolute atomic E-state index is 10.8. The van der Waals surface area contributed by atoms with Crippen molar-refractivity contribution in [2.75, 3.05) is 7.05 Å². The summed E-state index contributed by atoms with van der Waals surface area (Å²) < 4.78 is 0. The molecule has 0 aromatic heterocycles. The predicted octanol–water partition coefficient (Wildman–Crippen LogP) is 4.20. The van der Waals surface area contributed by atoms with Crippen LogP contribution >= 0.6 is 11.6 Å². The van der Waals surface area contributed by atoms with Crippen molar-refractivity contribution < 1.29 is 4.92 Å². The third-order valence-electron chi connectivity index (χ3n) is 3.29. The normalized spacial score (nSPS) is 12.2. The van der Waals surface area contributed by atoms with Crippen molar-refractivity contribution in [1.29, 1.82) is 0 Å². The minimum absolute atomic E-state index is 0.0753. The standard InChI is InChI=1S/C15H15ClN2O2/c1-10(17-2)14-7-6-12(9-15(14)16)11-4-3-5-13(8-11)18(19)20/h3-10,17H,1-2H3. The summed E-state index contributed by atoms with van der Waals surface area (Å²) in [7, 11) is 1.87. The molecular formula is C15H15ClN2O2. The Morgan fingerprint density at radius 2 is 1.90 bits per heavy atom. The van der Waals surface area contributed by atoms with E-state index in [2.05, 4.69) is 5.32 Å². The van der Waals surface area contributed by atoms with Gasteiger partial charge in [0.25, 0.3) is 5.69 Å². The van der Waals surface area contributed by atoms with Gasteiger partial charge >= 0.3 is 0 Å². The molecule has 0 heterocycles. The van der Waals surface area contributed by atoms with Crippen molar-refractivity contribution in [2.24, 2.45) is 0 Å². The van der Waals surface area contributed by atoms with Gasteiger partial charge in [0, 0.05) is 23.2 Å². The Hall–Kier alpha value is -1.91. The monoisotopic (exact) mass is 290 g/mol. The van der Waals surface area contributed by atoms with E-state index in [4.69, 9.17) is 11.6 Å². The van der Waals surface area contributed by atoms with Crippen LogP contribution in [0.5, 0.6) is 0 Å². The van der Waals surface area contributed by atoms with Gasteiger partial charge in [-0.05, 0) is 36.7 Å². The molecule has 104 valence electrons. The van der Waals surface area contributed by atoms with E-state index in [-0.39, 0.29) is 11.7 Å². The number of hydrogen-bond donors (Lipinski definition) is 1. The van der Waals surface area contributed by atoms with Gasteiger partial charge in [0.1, 0.15) is 0 Å². The highest BCUT2D eigenvalue weighted by Gasteiger charge is 2.11. The van der Waals surface area contributed by atoms with Gasteiger partial charge in [-0.3, -0.25) is 10.1 Å². The van der Waals surface area contributed by atoms with Crippen molar-refractivity contribution in [3.8, 4) is 11.1 Å². The van der Waals surface area contributed by atoms with Gasteiger partial charge in [0.2, 0.25) is 0 Å². The molecule has 0 bridgehead atoms. The number of nitro groups is 1. The summed E-state index contributed by atoms with van der Waals surface area (Å²) in [5.41, 5.74) is 2.73.